The van der Waals surface area contributed by atoms with E-state index in [2.05, 4.69) is 21.1 Å². The number of H-pyrrole nitrogens is 1. The van der Waals surface area contributed by atoms with E-state index in [1.807, 2.05) is 0 Å². The van der Waals surface area contributed by atoms with Crippen LogP contribution in [-0.4, -0.2) is 32.6 Å². The first-order chi connectivity index (χ1) is 15.4. The third-order valence-electron chi connectivity index (χ3n) is 5.21. The molecule has 0 aliphatic carbocycles. The van der Waals surface area contributed by atoms with E-state index in [0.29, 0.717) is 28.1 Å². The molecule has 1 N–H and O–H groups in total. The number of aromatic amines is 1. The summed E-state index contributed by atoms with van der Waals surface area (Å²) < 4.78 is 6.40. The number of rotatable bonds is 5. The number of nitrogens with one attached hydrogen (secondary N) is 1. The predicted octanol–water partition coefficient (Wildman–Crippen LogP) is 2.76. The molecule has 0 saturated heterocycles. The third-order valence-corrected chi connectivity index (χ3v) is 5.21. The topological polar surface area (TPSA) is 116 Å². The van der Waals surface area contributed by atoms with Crippen LogP contribution in [0.25, 0.3) is 5.78 Å². The van der Waals surface area contributed by atoms with Gasteiger partial charge in [-0.1, -0.05) is 12.1 Å². The summed E-state index contributed by atoms with van der Waals surface area (Å²) in [5.74, 6) is 0.674. The quantitative estimate of drug-likeness (QED) is 0.522. The van der Waals surface area contributed by atoms with Gasteiger partial charge in [-0.25, -0.2) is 4.98 Å². The fourth-order valence-corrected chi connectivity index (χ4v) is 3.21. The molecule has 0 aliphatic rings. The van der Waals surface area contributed by atoms with Gasteiger partial charge in [0.15, 0.2) is 0 Å². The van der Waals surface area contributed by atoms with Crippen molar-refractivity contribution in [2.45, 2.75) is 20.4 Å². The minimum atomic E-state index is -0.322. The summed E-state index contributed by atoms with van der Waals surface area (Å²) in [5, 5.41) is 11.9. The molecule has 0 radical (unpaired) electrons. The minimum Gasteiger partial charge on any atom is -0.497 e. The minimum absolute atomic E-state index is 0.170. The Balaban J connectivity index is 1.79. The molecule has 0 unspecified atom stereocenters. The number of nitrogens with zero attached hydrogens (tertiary/aromatic N) is 5. The number of ether oxygens (including phenoxy) is 1. The zero-order valence-electron chi connectivity index (χ0n) is 17.8. The Labute approximate surface area is 183 Å². The van der Waals surface area contributed by atoms with Crippen LogP contribution in [0.3, 0.4) is 0 Å². The highest BCUT2D eigenvalue weighted by Gasteiger charge is 2.23. The smallest absolute Gasteiger partial charge is 0.277 e. The zero-order chi connectivity index (χ0) is 22.8. The maximum atomic E-state index is 13.4. The average Bonchev–Trinajstić information content (AvgIpc) is 3.24. The Hall–Kier alpha value is -4.45. The molecule has 1 amide bonds. The van der Waals surface area contributed by atoms with Crippen LogP contribution in [0.2, 0.25) is 0 Å². The SMILES string of the molecule is COc1ccc(C(=O)N(Cc2ccc(C#N)cc2)c2nc3nc(C)c(C)c(=O)n3[nH]2)cc1. The number of carbonyl (C=O) groups excluding carboxylic acids is 1. The summed E-state index contributed by atoms with van der Waals surface area (Å²) in [6, 6.07) is 15.7. The number of anilines is 1. The van der Waals surface area contributed by atoms with E-state index >= 15 is 0 Å². The van der Waals surface area contributed by atoms with E-state index in [9.17, 15) is 9.59 Å². The molecule has 9 nitrogen and oxygen atoms in total. The molecule has 0 saturated carbocycles. The second-order valence-corrected chi connectivity index (χ2v) is 7.24. The second kappa shape index (κ2) is 8.35. The van der Waals surface area contributed by atoms with Gasteiger partial charge in [-0.3, -0.25) is 19.6 Å². The summed E-state index contributed by atoms with van der Waals surface area (Å²) in [5.41, 5.74) is 2.53. The molecule has 0 bridgehead atoms. The standard InChI is InChI=1S/C23H20N6O3/c1-14-15(2)25-22-26-23(27-29(22)20(14)30)28(13-17-6-4-16(12-24)5-7-17)21(31)18-8-10-19(32-3)11-9-18/h4-11H,13H2,1-3H3,(H,25,26,27). The molecule has 4 aromatic rings. The highest BCUT2D eigenvalue weighted by atomic mass is 16.5. The first kappa shape index (κ1) is 20.8. The average molecular weight is 428 g/mol. The Kier molecular flexibility index (Phi) is 5.43. The number of amides is 1. The number of aromatic nitrogens is 4. The zero-order valence-corrected chi connectivity index (χ0v) is 17.8. The molecule has 0 fully saturated rings. The Morgan fingerprint density at radius 2 is 1.81 bits per heavy atom. The van der Waals surface area contributed by atoms with Gasteiger partial charge in [-0.2, -0.15) is 14.8 Å². The molecule has 32 heavy (non-hydrogen) atoms. The van der Waals surface area contributed by atoms with E-state index < -0.39 is 0 Å². The van der Waals surface area contributed by atoms with Gasteiger partial charge in [0.25, 0.3) is 17.2 Å². The van der Waals surface area contributed by atoms with Gasteiger partial charge in [0.05, 0.1) is 25.3 Å². The van der Waals surface area contributed by atoms with Gasteiger partial charge in [0.2, 0.25) is 5.95 Å². The van der Waals surface area contributed by atoms with Crippen LogP contribution >= 0.6 is 0 Å². The fraction of sp³-hybridized carbons (Fsp3) is 0.174. The normalized spacial score (nSPS) is 10.7. The molecule has 160 valence electrons. The van der Waals surface area contributed by atoms with Crippen LogP contribution in [0.1, 0.15) is 32.7 Å². The van der Waals surface area contributed by atoms with Crippen molar-refractivity contribution < 1.29 is 9.53 Å². The van der Waals surface area contributed by atoms with Crippen LogP contribution in [0.4, 0.5) is 5.95 Å². The number of hydrogen-bond donors (Lipinski definition) is 1. The maximum Gasteiger partial charge on any atom is 0.277 e. The van der Waals surface area contributed by atoms with Gasteiger partial charge in [0.1, 0.15) is 5.75 Å². The van der Waals surface area contributed by atoms with Crippen molar-refractivity contribution in [3.8, 4) is 11.8 Å². The van der Waals surface area contributed by atoms with E-state index in [0.717, 1.165) is 5.56 Å². The number of fused-ring (bicyclic) bond motifs is 1. The van der Waals surface area contributed by atoms with Crippen molar-refractivity contribution in [1.29, 1.82) is 5.26 Å². The lowest BCUT2D eigenvalue weighted by Gasteiger charge is -2.20. The predicted molar refractivity (Wildman–Crippen MR) is 118 cm³/mol. The Bertz CT molecular complexity index is 1400. The van der Waals surface area contributed by atoms with E-state index in [1.165, 1.54) is 9.42 Å². The van der Waals surface area contributed by atoms with E-state index in [1.54, 1.807) is 69.5 Å². The van der Waals surface area contributed by atoms with E-state index in [4.69, 9.17) is 10.00 Å². The van der Waals surface area contributed by atoms with Crippen molar-refractivity contribution in [3.63, 3.8) is 0 Å². The molecule has 2 aromatic heterocycles. The van der Waals surface area contributed by atoms with Gasteiger partial charge in [-0.05, 0) is 55.8 Å². The molecule has 2 aromatic carbocycles. The first-order valence-electron chi connectivity index (χ1n) is 9.82. The Morgan fingerprint density at radius 3 is 2.44 bits per heavy atom. The van der Waals surface area contributed by atoms with Gasteiger partial charge in [-0.15, -0.1) is 0 Å². The highest BCUT2D eigenvalue weighted by molar-refractivity contribution is 6.05. The molecule has 0 atom stereocenters. The second-order valence-electron chi connectivity index (χ2n) is 7.24. The first-order valence-corrected chi connectivity index (χ1v) is 9.82. The number of nitriles is 1. The number of aryl methyl sites for hydroxylation is 1. The fourth-order valence-electron chi connectivity index (χ4n) is 3.21. The van der Waals surface area contributed by atoms with Gasteiger partial charge < -0.3 is 4.74 Å². The Morgan fingerprint density at radius 1 is 1.12 bits per heavy atom. The van der Waals surface area contributed by atoms with E-state index in [-0.39, 0.29) is 29.7 Å². The summed E-state index contributed by atoms with van der Waals surface area (Å²) >= 11 is 0. The summed E-state index contributed by atoms with van der Waals surface area (Å²) in [4.78, 5) is 36.3. The van der Waals surface area contributed by atoms with Crippen molar-refractivity contribution in [3.05, 3.63) is 86.8 Å². The van der Waals surface area contributed by atoms with Gasteiger partial charge >= 0.3 is 0 Å². The number of carbonyl (C=O) groups is 1. The van der Waals surface area contributed by atoms with Crippen molar-refractivity contribution >= 4 is 17.6 Å². The van der Waals surface area contributed by atoms with Crippen molar-refractivity contribution in [2.24, 2.45) is 0 Å². The molecule has 2 heterocycles. The lowest BCUT2D eigenvalue weighted by atomic mass is 10.1. The molecule has 9 heteroatoms. The summed E-state index contributed by atoms with van der Waals surface area (Å²) in [7, 11) is 1.55. The van der Waals surface area contributed by atoms with Crippen LogP contribution in [0, 0.1) is 25.2 Å². The van der Waals surface area contributed by atoms with Crippen molar-refractivity contribution in [1.82, 2.24) is 19.6 Å². The maximum absolute atomic E-state index is 13.4. The molecule has 0 aliphatic heterocycles. The summed E-state index contributed by atoms with van der Waals surface area (Å²) in [6.07, 6.45) is 0. The summed E-state index contributed by atoms with van der Waals surface area (Å²) in [6.45, 7) is 3.60. The largest absolute Gasteiger partial charge is 0.497 e. The lowest BCUT2D eigenvalue weighted by molar-refractivity contribution is 0.0983. The molecular formula is C23H20N6O3. The van der Waals surface area contributed by atoms with Crippen LogP contribution < -0.4 is 15.2 Å². The number of benzene rings is 2. The monoisotopic (exact) mass is 428 g/mol. The van der Waals surface area contributed by atoms with Crippen LogP contribution in [0.15, 0.2) is 53.3 Å². The number of methoxy groups -OCH3 is 1. The number of hydrogen-bond acceptors (Lipinski definition) is 6. The molecule has 4 rings (SSSR count). The van der Waals surface area contributed by atoms with Crippen molar-refractivity contribution in [2.75, 3.05) is 12.0 Å². The molecular weight excluding hydrogens is 408 g/mol. The third kappa shape index (κ3) is 3.81. The highest BCUT2D eigenvalue weighted by Crippen LogP contribution is 2.20. The molecule has 0 spiro atoms. The van der Waals surface area contributed by atoms with Gasteiger partial charge in [0, 0.05) is 16.8 Å². The lowest BCUT2D eigenvalue weighted by Crippen LogP contribution is -2.31. The van der Waals surface area contributed by atoms with Crippen LogP contribution in [-0.2, 0) is 6.54 Å². The van der Waals surface area contributed by atoms with Crippen LogP contribution in [0.5, 0.6) is 5.75 Å².